The van der Waals surface area contributed by atoms with Gasteiger partial charge in [0.2, 0.25) is 5.91 Å². The average Bonchev–Trinajstić information content (AvgIpc) is 2.71. The van der Waals surface area contributed by atoms with Crippen molar-refractivity contribution in [2.24, 2.45) is 5.92 Å². The maximum absolute atomic E-state index is 12.6. The number of nitrogens with zero attached hydrogens (tertiary/aromatic N) is 1. The third-order valence-electron chi connectivity index (χ3n) is 3.48. The number of carboxylic acid groups (broad SMARTS) is 1. The molecule has 1 aromatic carbocycles. The molecule has 0 saturated carbocycles. The van der Waals surface area contributed by atoms with Crippen LogP contribution < -0.4 is 4.90 Å². The topological polar surface area (TPSA) is 83.9 Å². The number of allylic oxidation sites excluding steroid dienone is 1. The summed E-state index contributed by atoms with van der Waals surface area (Å²) in [7, 11) is 0. The molecule has 0 spiro atoms. The third kappa shape index (κ3) is 2.86. The third-order valence-corrected chi connectivity index (χ3v) is 3.48. The molecule has 1 aliphatic rings. The zero-order valence-corrected chi connectivity index (χ0v) is 12.4. The molecular formula is C16H17NO5. The van der Waals surface area contributed by atoms with E-state index in [2.05, 4.69) is 0 Å². The first-order valence-electron chi connectivity index (χ1n) is 6.96. The summed E-state index contributed by atoms with van der Waals surface area (Å²) in [6.07, 6.45) is -0.437. The van der Waals surface area contributed by atoms with Crippen LogP contribution in [0.5, 0.6) is 0 Å². The predicted molar refractivity (Wildman–Crippen MR) is 79.0 cm³/mol. The van der Waals surface area contributed by atoms with Crippen LogP contribution >= 0.6 is 0 Å². The first-order chi connectivity index (χ1) is 10.5. The van der Waals surface area contributed by atoms with Crippen molar-refractivity contribution in [3.63, 3.8) is 0 Å². The molecule has 116 valence electrons. The van der Waals surface area contributed by atoms with Crippen LogP contribution in [0.25, 0.3) is 0 Å². The highest BCUT2D eigenvalue weighted by Gasteiger charge is 2.43. The fourth-order valence-electron chi connectivity index (χ4n) is 2.58. The molecule has 1 heterocycles. The molecule has 1 aromatic rings. The Balaban J connectivity index is 2.47. The van der Waals surface area contributed by atoms with Gasteiger partial charge in [0.15, 0.2) is 0 Å². The van der Waals surface area contributed by atoms with Crippen LogP contribution in [0.2, 0.25) is 0 Å². The van der Waals surface area contributed by atoms with Crippen molar-refractivity contribution in [2.45, 2.75) is 20.3 Å². The molecule has 22 heavy (non-hydrogen) atoms. The maximum Gasteiger partial charge on any atom is 0.336 e. The van der Waals surface area contributed by atoms with E-state index in [0.29, 0.717) is 11.4 Å². The molecular weight excluding hydrogens is 286 g/mol. The van der Waals surface area contributed by atoms with Crippen LogP contribution in [0, 0.1) is 5.92 Å². The van der Waals surface area contributed by atoms with Gasteiger partial charge >= 0.3 is 11.9 Å². The van der Waals surface area contributed by atoms with Crippen LogP contribution in [0.15, 0.2) is 41.6 Å². The van der Waals surface area contributed by atoms with Crippen molar-refractivity contribution in [1.82, 2.24) is 0 Å². The Bertz CT molecular complexity index is 635. The lowest BCUT2D eigenvalue weighted by Crippen LogP contribution is -2.29. The number of amides is 1. The number of anilines is 1. The normalized spacial score (nSPS) is 17.8. The number of esters is 1. The first-order valence-corrected chi connectivity index (χ1v) is 6.96. The van der Waals surface area contributed by atoms with Gasteiger partial charge in [0.25, 0.3) is 0 Å². The fraction of sp³-hybridized carbons (Fsp3) is 0.312. The Kier molecular flexibility index (Phi) is 4.60. The van der Waals surface area contributed by atoms with Crippen molar-refractivity contribution in [3.05, 3.63) is 41.6 Å². The summed E-state index contributed by atoms with van der Waals surface area (Å²) < 4.78 is 4.97. The van der Waals surface area contributed by atoms with E-state index in [0.717, 1.165) is 0 Å². The molecule has 1 atom stereocenters. The highest BCUT2D eigenvalue weighted by molar-refractivity contribution is 6.11. The van der Waals surface area contributed by atoms with Gasteiger partial charge < -0.3 is 9.84 Å². The first kappa shape index (κ1) is 15.8. The zero-order chi connectivity index (χ0) is 16.3. The Morgan fingerprint density at radius 2 is 1.91 bits per heavy atom. The van der Waals surface area contributed by atoms with Gasteiger partial charge in [-0.3, -0.25) is 14.5 Å². The lowest BCUT2D eigenvalue weighted by atomic mass is 9.97. The average molecular weight is 303 g/mol. The van der Waals surface area contributed by atoms with Crippen molar-refractivity contribution in [3.8, 4) is 0 Å². The molecule has 0 bridgehead atoms. The largest absolute Gasteiger partial charge is 0.481 e. The number of aliphatic carboxylic acids is 1. The van der Waals surface area contributed by atoms with Crippen LogP contribution in [0.3, 0.4) is 0 Å². The van der Waals surface area contributed by atoms with Crippen LogP contribution in [-0.2, 0) is 19.1 Å². The predicted octanol–water partition coefficient (Wildman–Crippen LogP) is 1.96. The second-order valence-electron chi connectivity index (χ2n) is 4.88. The van der Waals surface area contributed by atoms with E-state index >= 15 is 0 Å². The molecule has 1 amide bonds. The molecule has 1 N–H and O–H groups in total. The van der Waals surface area contributed by atoms with E-state index in [1.54, 1.807) is 38.1 Å². The smallest absolute Gasteiger partial charge is 0.336 e. The molecule has 6 nitrogen and oxygen atoms in total. The monoisotopic (exact) mass is 303 g/mol. The van der Waals surface area contributed by atoms with Gasteiger partial charge in [0.1, 0.15) is 0 Å². The van der Waals surface area contributed by atoms with Crippen molar-refractivity contribution in [1.29, 1.82) is 0 Å². The van der Waals surface area contributed by atoms with Gasteiger partial charge in [0.05, 0.1) is 24.5 Å². The molecule has 6 heteroatoms. The van der Waals surface area contributed by atoms with Crippen LogP contribution in [-0.4, -0.2) is 29.6 Å². The number of ether oxygens (including phenoxy) is 1. The number of para-hydroxylation sites is 1. The van der Waals surface area contributed by atoms with Gasteiger partial charge in [-0.2, -0.15) is 0 Å². The molecule has 0 radical (unpaired) electrons. The van der Waals surface area contributed by atoms with E-state index in [9.17, 15) is 14.4 Å². The van der Waals surface area contributed by atoms with Crippen LogP contribution in [0.1, 0.15) is 20.3 Å². The Labute approximate surface area is 128 Å². The summed E-state index contributed by atoms with van der Waals surface area (Å²) in [5.74, 6) is -3.22. The second kappa shape index (κ2) is 6.43. The van der Waals surface area contributed by atoms with Crippen molar-refractivity contribution in [2.75, 3.05) is 11.5 Å². The lowest BCUT2D eigenvalue weighted by Gasteiger charge is -2.18. The number of hydrogen-bond donors (Lipinski definition) is 1. The standard InChI is InChI=1S/C16H17NO5/c1-3-22-16(21)14-10(2)17(11-7-5-4-6-8-11)15(20)12(14)9-13(18)19/h4-8,12H,3,9H2,1-2H3,(H,18,19)/t12-/m1/s1. The van der Waals surface area contributed by atoms with Gasteiger partial charge in [-0.05, 0) is 26.0 Å². The summed E-state index contributed by atoms with van der Waals surface area (Å²) in [4.78, 5) is 37.1. The Morgan fingerprint density at radius 3 is 2.45 bits per heavy atom. The molecule has 0 unspecified atom stereocenters. The summed E-state index contributed by atoms with van der Waals surface area (Å²) >= 11 is 0. The second-order valence-corrected chi connectivity index (χ2v) is 4.88. The maximum atomic E-state index is 12.6. The number of rotatable bonds is 5. The molecule has 0 saturated heterocycles. The number of hydrogen-bond acceptors (Lipinski definition) is 4. The van der Waals surface area contributed by atoms with E-state index in [4.69, 9.17) is 9.84 Å². The van der Waals surface area contributed by atoms with Gasteiger partial charge in [0, 0.05) is 11.4 Å². The molecule has 0 aromatic heterocycles. The minimum Gasteiger partial charge on any atom is -0.481 e. The van der Waals surface area contributed by atoms with Gasteiger partial charge in [-0.15, -0.1) is 0 Å². The number of carbonyl (C=O) groups is 3. The number of benzene rings is 1. The van der Waals surface area contributed by atoms with E-state index in [-0.39, 0.29) is 12.2 Å². The number of carboxylic acids is 1. The molecule has 1 aliphatic heterocycles. The zero-order valence-electron chi connectivity index (χ0n) is 12.4. The fourth-order valence-corrected chi connectivity index (χ4v) is 2.58. The van der Waals surface area contributed by atoms with Crippen LogP contribution in [0.4, 0.5) is 5.69 Å². The Morgan fingerprint density at radius 1 is 1.27 bits per heavy atom. The van der Waals surface area contributed by atoms with Crippen molar-refractivity contribution < 1.29 is 24.2 Å². The molecule has 2 rings (SSSR count). The summed E-state index contributed by atoms with van der Waals surface area (Å²) in [6, 6.07) is 8.81. The quantitative estimate of drug-likeness (QED) is 0.841. The highest BCUT2D eigenvalue weighted by Crippen LogP contribution is 2.36. The Hall–Kier alpha value is -2.63. The minimum atomic E-state index is -1.14. The SMILES string of the molecule is CCOC(=O)C1=C(C)N(c2ccccc2)C(=O)[C@@H]1CC(=O)O. The van der Waals surface area contributed by atoms with Gasteiger partial charge in [-0.25, -0.2) is 4.79 Å². The van der Waals surface area contributed by atoms with E-state index in [1.807, 2.05) is 6.07 Å². The number of carbonyl (C=O) groups excluding carboxylic acids is 2. The molecule has 0 fully saturated rings. The summed E-state index contributed by atoms with van der Waals surface area (Å²) in [6.45, 7) is 3.44. The highest BCUT2D eigenvalue weighted by atomic mass is 16.5. The molecule has 0 aliphatic carbocycles. The summed E-state index contributed by atoms with van der Waals surface area (Å²) in [5.41, 5.74) is 1.14. The summed E-state index contributed by atoms with van der Waals surface area (Å²) in [5, 5.41) is 9.02. The van der Waals surface area contributed by atoms with E-state index < -0.39 is 30.2 Å². The lowest BCUT2D eigenvalue weighted by molar-refractivity contribution is -0.142. The van der Waals surface area contributed by atoms with Crippen molar-refractivity contribution >= 4 is 23.5 Å². The van der Waals surface area contributed by atoms with E-state index in [1.165, 1.54) is 4.90 Å². The minimum absolute atomic E-state index is 0.123. The van der Waals surface area contributed by atoms with Gasteiger partial charge in [-0.1, -0.05) is 18.2 Å².